The number of para-hydroxylation sites is 2. The van der Waals surface area contributed by atoms with Crippen LogP contribution in [0.3, 0.4) is 0 Å². The van der Waals surface area contributed by atoms with Crippen molar-refractivity contribution in [3.63, 3.8) is 0 Å². The number of pyridine rings is 1. The first-order valence-corrected chi connectivity index (χ1v) is 23.3. The summed E-state index contributed by atoms with van der Waals surface area (Å²) in [6, 6.07) is 87.4. The Labute approximate surface area is 399 Å². The molecule has 13 aromatic rings. The molecule has 0 bridgehead atoms. The minimum Gasteiger partial charge on any atom is -0.456 e. The van der Waals surface area contributed by atoms with Crippen molar-refractivity contribution in [1.29, 1.82) is 0 Å². The molecule has 4 heteroatoms. The first kappa shape index (κ1) is 40.1. The van der Waals surface area contributed by atoms with Crippen molar-refractivity contribution in [2.45, 2.75) is 0 Å². The van der Waals surface area contributed by atoms with E-state index in [4.69, 9.17) is 19.4 Å². The molecule has 0 spiro atoms. The summed E-state index contributed by atoms with van der Waals surface area (Å²) < 4.78 is 6.68. The highest BCUT2D eigenvalue weighted by atomic mass is 16.3. The molecule has 13 rings (SSSR count). The highest BCUT2D eigenvalue weighted by molar-refractivity contribution is 6.27. The standard InChI is InChI=1S/C65H41N3O/c1-4-17-42(18-5-1)47-23-14-26-50(37-47)58-41-57(67-65(68-58)52-28-16-25-49(39-52)43-19-6-2-7-20-43)45-35-33-44(34-36-45)48-24-15-27-51(38-48)61-62-53-29-10-12-31-56(53)66-64(46-21-8-3-9-22-46)55(62)40-60-63(61)54-30-11-13-32-59(54)69-60/h1-41H. The molecular formula is C65H41N3O. The number of fused-ring (bicyclic) bond motifs is 6. The van der Waals surface area contributed by atoms with Crippen LogP contribution in [0.15, 0.2) is 253 Å². The maximum absolute atomic E-state index is 6.68. The molecule has 4 nitrogen and oxygen atoms in total. The van der Waals surface area contributed by atoms with E-state index in [9.17, 15) is 0 Å². The van der Waals surface area contributed by atoms with Crippen LogP contribution in [0.1, 0.15) is 0 Å². The fourth-order valence-corrected chi connectivity index (χ4v) is 9.94. The maximum Gasteiger partial charge on any atom is 0.160 e. The Morgan fingerprint density at radius 1 is 0.261 bits per heavy atom. The highest BCUT2D eigenvalue weighted by Crippen LogP contribution is 2.47. The third-order valence-electron chi connectivity index (χ3n) is 13.3. The van der Waals surface area contributed by atoms with E-state index in [1.807, 2.05) is 24.3 Å². The fraction of sp³-hybridized carbons (Fsp3) is 0. The van der Waals surface area contributed by atoms with Gasteiger partial charge in [0.2, 0.25) is 0 Å². The Morgan fingerprint density at radius 3 is 1.42 bits per heavy atom. The molecule has 0 N–H and O–H groups in total. The molecule has 3 aromatic heterocycles. The van der Waals surface area contributed by atoms with Gasteiger partial charge in [-0.15, -0.1) is 0 Å². The summed E-state index contributed by atoms with van der Waals surface area (Å²) in [5, 5.41) is 5.50. The fourth-order valence-electron chi connectivity index (χ4n) is 9.94. The predicted octanol–water partition coefficient (Wildman–Crippen LogP) is 17.4. The van der Waals surface area contributed by atoms with Gasteiger partial charge in [0.15, 0.2) is 5.82 Å². The molecule has 0 saturated heterocycles. The van der Waals surface area contributed by atoms with Gasteiger partial charge >= 0.3 is 0 Å². The van der Waals surface area contributed by atoms with Gasteiger partial charge in [0, 0.05) is 54.7 Å². The van der Waals surface area contributed by atoms with Crippen LogP contribution in [0.2, 0.25) is 0 Å². The molecule has 0 atom stereocenters. The number of aromatic nitrogens is 3. The van der Waals surface area contributed by atoms with Crippen LogP contribution in [0, 0.1) is 0 Å². The van der Waals surface area contributed by atoms with Crippen LogP contribution in [0.4, 0.5) is 0 Å². The molecule has 0 aliphatic heterocycles. The second-order valence-corrected chi connectivity index (χ2v) is 17.5. The molecule has 69 heavy (non-hydrogen) atoms. The molecule has 10 aromatic carbocycles. The van der Waals surface area contributed by atoms with Gasteiger partial charge in [-0.1, -0.05) is 206 Å². The second-order valence-electron chi connectivity index (χ2n) is 17.5. The first-order valence-electron chi connectivity index (χ1n) is 23.3. The molecule has 0 fully saturated rings. The summed E-state index contributed by atoms with van der Waals surface area (Å²) in [4.78, 5) is 15.8. The molecular weight excluding hydrogens is 839 g/mol. The Kier molecular flexibility index (Phi) is 9.80. The SMILES string of the molecule is c1ccc(-c2cccc(-c3cc(-c4ccc(-c5cccc(-c6c7c(cc8c(-c9ccccc9)nc9ccccc9c68)oc6ccccc67)c5)cc4)nc(-c4cccc(-c5ccccc5)c4)n3)c2)cc1. The average Bonchev–Trinajstić information content (AvgIpc) is 3.81. The van der Waals surface area contributed by atoms with E-state index in [2.05, 4.69) is 224 Å². The third kappa shape index (κ3) is 7.32. The normalized spacial score (nSPS) is 11.5. The van der Waals surface area contributed by atoms with Crippen LogP contribution in [-0.2, 0) is 0 Å². The second kappa shape index (κ2) is 16.9. The van der Waals surface area contributed by atoms with Gasteiger partial charge in [-0.25, -0.2) is 15.0 Å². The van der Waals surface area contributed by atoms with Crippen LogP contribution >= 0.6 is 0 Å². The molecule has 0 aliphatic carbocycles. The van der Waals surface area contributed by atoms with Crippen LogP contribution in [0.25, 0.3) is 133 Å². The number of hydrogen-bond donors (Lipinski definition) is 0. The van der Waals surface area contributed by atoms with E-state index in [-0.39, 0.29) is 0 Å². The van der Waals surface area contributed by atoms with E-state index in [1.54, 1.807) is 0 Å². The Balaban J connectivity index is 0.949. The van der Waals surface area contributed by atoms with Gasteiger partial charge in [-0.05, 0) is 81.4 Å². The van der Waals surface area contributed by atoms with Gasteiger partial charge in [0.05, 0.1) is 22.6 Å². The molecule has 322 valence electrons. The van der Waals surface area contributed by atoms with Crippen molar-refractivity contribution < 1.29 is 4.42 Å². The molecule has 3 heterocycles. The van der Waals surface area contributed by atoms with Crippen LogP contribution in [0.5, 0.6) is 0 Å². The van der Waals surface area contributed by atoms with Crippen molar-refractivity contribution in [2.24, 2.45) is 0 Å². The van der Waals surface area contributed by atoms with Crippen LogP contribution in [-0.4, -0.2) is 15.0 Å². The largest absolute Gasteiger partial charge is 0.456 e. The number of furan rings is 1. The van der Waals surface area contributed by atoms with E-state index >= 15 is 0 Å². The summed E-state index contributed by atoms with van der Waals surface area (Å²) in [6.45, 7) is 0. The Morgan fingerprint density at radius 2 is 0.739 bits per heavy atom. The zero-order valence-corrected chi connectivity index (χ0v) is 37.4. The van der Waals surface area contributed by atoms with E-state index in [1.165, 1.54) is 0 Å². The van der Waals surface area contributed by atoms with E-state index < -0.39 is 0 Å². The molecule has 0 saturated carbocycles. The third-order valence-corrected chi connectivity index (χ3v) is 13.3. The lowest BCUT2D eigenvalue weighted by molar-refractivity contribution is 0.669. The van der Waals surface area contributed by atoms with Crippen molar-refractivity contribution in [3.05, 3.63) is 249 Å². The molecule has 0 aliphatic rings. The van der Waals surface area contributed by atoms with Crippen molar-refractivity contribution >= 4 is 43.6 Å². The molecule has 0 unspecified atom stereocenters. The lowest BCUT2D eigenvalue weighted by Crippen LogP contribution is -1.96. The summed E-state index contributed by atoms with van der Waals surface area (Å²) in [5.41, 5.74) is 18.4. The average molecular weight is 880 g/mol. The summed E-state index contributed by atoms with van der Waals surface area (Å²) in [5.74, 6) is 0.675. The smallest absolute Gasteiger partial charge is 0.160 e. The maximum atomic E-state index is 6.68. The minimum absolute atomic E-state index is 0.675. The topological polar surface area (TPSA) is 51.8 Å². The van der Waals surface area contributed by atoms with Gasteiger partial charge < -0.3 is 4.42 Å². The lowest BCUT2D eigenvalue weighted by Gasteiger charge is -2.16. The van der Waals surface area contributed by atoms with Crippen molar-refractivity contribution in [3.8, 4) is 89.7 Å². The minimum atomic E-state index is 0.675. The monoisotopic (exact) mass is 879 g/mol. The zero-order valence-electron chi connectivity index (χ0n) is 37.4. The predicted molar refractivity (Wildman–Crippen MR) is 286 cm³/mol. The summed E-state index contributed by atoms with van der Waals surface area (Å²) in [7, 11) is 0. The Bertz CT molecular complexity index is 3950. The van der Waals surface area contributed by atoms with Gasteiger partial charge in [0.25, 0.3) is 0 Å². The number of benzene rings is 10. The summed E-state index contributed by atoms with van der Waals surface area (Å²) >= 11 is 0. The van der Waals surface area contributed by atoms with Gasteiger partial charge in [-0.3, -0.25) is 0 Å². The van der Waals surface area contributed by atoms with Crippen LogP contribution < -0.4 is 0 Å². The summed E-state index contributed by atoms with van der Waals surface area (Å²) in [6.07, 6.45) is 0. The number of nitrogens with zero attached hydrogens (tertiary/aromatic N) is 3. The zero-order chi connectivity index (χ0) is 45.7. The van der Waals surface area contributed by atoms with Gasteiger partial charge in [0.1, 0.15) is 11.2 Å². The highest BCUT2D eigenvalue weighted by Gasteiger charge is 2.22. The Hall–Kier alpha value is -9.25. The molecule has 0 amide bonds. The first-order chi connectivity index (χ1) is 34.2. The number of rotatable bonds is 8. The van der Waals surface area contributed by atoms with E-state index in [0.29, 0.717) is 5.82 Å². The lowest BCUT2D eigenvalue weighted by atomic mass is 9.88. The van der Waals surface area contributed by atoms with Crippen molar-refractivity contribution in [1.82, 2.24) is 15.0 Å². The quantitative estimate of drug-likeness (QED) is 0.143. The van der Waals surface area contributed by atoms with Crippen molar-refractivity contribution in [2.75, 3.05) is 0 Å². The van der Waals surface area contributed by atoms with Gasteiger partial charge in [-0.2, -0.15) is 0 Å². The number of hydrogen-bond acceptors (Lipinski definition) is 4. The van der Waals surface area contributed by atoms with E-state index in [0.717, 1.165) is 127 Å². The molecule has 0 radical (unpaired) electrons.